The number of H-pyrrole nitrogens is 1. The van der Waals surface area contributed by atoms with E-state index in [4.69, 9.17) is 10.2 Å². The smallest absolute Gasteiger partial charge is 0.253 e. The molecule has 3 aromatic heterocycles. The minimum Gasteiger partial charge on any atom is -0.354 e. The molecule has 12 heteroatoms. The summed E-state index contributed by atoms with van der Waals surface area (Å²) in [6.07, 6.45) is 9.18. The number of aromatic amines is 1. The van der Waals surface area contributed by atoms with Crippen molar-refractivity contribution in [2.75, 3.05) is 37.6 Å². The van der Waals surface area contributed by atoms with Crippen molar-refractivity contribution in [1.29, 1.82) is 0 Å². The molecule has 0 radical (unpaired) electrons. The van der Waals surface area contributed by atoms with Crippen molar-refractivity contribution < 1.29 is 14.8 Å². The third-order valence-electron chi connectivity index (χ3n) is 9.15. The van der Waals surface area contributed by atoms with Crippen LogP contribution in [-0.4, -0.2) is 74.4 Å². The van der Waals surface area contributed by atoms with Gasteiger partial charge < -0.3 is 15.2 Å². The average molecular weight is 657 g/mol. The molecule has 1 saturated heterocycles. The van der Waals surface area contributed by atoms with E-state index in [1.165, 1.54) is 0 Å². The van der Waals surface area contributed by atoms with Gasteiger partial charge in [-0.05, 0) is 88.5 Å². The number of fused-ring (bicyclic) bond motifs is 1. The second-order valence-corrected chi connectivity index (χ2v) is 13.1. The number of unbranched alkanes of at least 4 members (excludes halogenated alkanes) is 4. The van der Waals surface area contributed by atoms with E-state index in [0.717, 1.165) is 104 Å². The summed E-state index contributed by atoms with van der Waals surface area (Å²) < 4.78 is 1.92. The molecular weight excluding hydrogens is 608 g/mol. The summed E-state index contributed by atoms with van der Waals surface area (Å²) >= 11 is 0. The van der Waals surface area contributed by atoms with Gasteiger partial charge in [-0.15, -0.1) is 0 Å². The molecule has 256 valence electrons. The van der Waals surface area contributed by atoms with Gasteiger partial charge >= 0.3 is 0 Å². The van der Waals surface area contributed by atoms with Gasteiger partial charge in [0.05, 0.1) is 17.3 Å². The van der Waals surface area contributed by atoms with Gasteiger partial charge in [-0.25, -0.2) is 10.5 Å². The first-order valence-corrected chi connectivity index (χ1v) is 17.0. The molecule has 0 unspecified atom stereocenters. The molecule has 1 aliphatic rings. The highest BCUT2D eigenvalue weighted by Gasteiger charge is 2.20. The largest absolute Gasteiger partial charge is 0.354 e. The van der Waals surface area contributed by atoms with Crippen molar-refractivity contribution in [3.63, 3.8) is 0 Å². The first kappa shape index (κ1) is 34.8. The maximum atomic E-state index is 13.6. The van der Waals surface area contributed by atoms with E-state index < -0.39 is 0 Å². The van der Waals surface area contributed by atoms with Crippen LogP contribution in [0.3, 0.4) is 0 Å². The zero-order valence-electron chi connectivity index (χ0n) is 28.5. The Morgan fingerprint density at radius 3 is 2.40 bits per heavy atom. The Bertz CT molecular complexity index is 1770. The van der Waals surface area contributed by atoms with Crippen LogP contribution in [0.4, 0.5) is 5.82 Å². The van der Waals surface area contributed by atoms with Crippen LogP contribution in [0.15, 0.2) is 47.5 Å². The summed E-state index contributed by atoms with van der Waals surface area (Å²) in [7, 11) is 0. The number of piperazine rings is 1. The fourth-order valence-corrected chi connectivity index (χ4v) is 6.43. The number of carbonyl (C=O) groups is 2. The standard InChI is InChI=1S/C36H48N8O4/c1-24(2)44-32-20-28(19-29(31(32)23-39-44)35(46)38-22-30-25(3)18-26(4)40-36(30)47)27-11-12-33(37-21-27)43-16-14-42(15-17-43)13-9-7-5-6-8-10-34(45)41-48/h11-12,18-21,23-24,48H,5-10,13-17,22H2,1-4H3,(H,38,46)(H,40,47)(H,41,45). The number of carbonyl (C=O) groups excluding carboxylic acids is 2. The predicted octanol–water partition coefficient (Wildman–Crippen LogP) is 4.88. The number of hydroxylamine groups is 1. The highest BCUT2D eigenvalue weighted by molar-refractivity contribution is 6.08. The third-order valence-corrected chi connectivity index (χ3v) is 9.15. The number of aryl methyl sites for hydroxylation is 2. The lowest BCUT2D eigenvalue weighted by Crippen LogP contribution is -2.46. The molecule has 0 bridgehead atoms. The van der Waals surface area contributed by atoms with Crippen LogP contribution < -0.4 is 21.3 Å². The van der Waals surface area contributed by atoms with Gasteiger partial charge in [0, 0.05) is 73.6 Å². The summed E-state index contributed by atoms with van der Waals surface area (Å²) in [6.45, 7) is 12.8. The molecule has 48 heavy (non-hydrogen) atoms. The number of pyridine rings is 2. The fourth-order valence-electron chi connectivity index (χ4n) is 6.43. The topological polar surface area (TPSA) is 148 Å². The molecule has 12 nitrogen and oxygen atoms in total. The number of nitrogens with zero attached hydrogens (tertiary/aromatic N) is 5. The Hall–Kier alpha value is -4.55. The minimum atomic E-state index is -0.313. The number of hydrogen-bond donors (Lipinski definition) is 4. The van der Waals surface area contributed by atoms with Crippen LogP contribution >= 0.6 is 0 Å². The average Bonchev–Trinajstić information content (AvgIpc) is 3.51. The van der Waals surface area contributed by atoms with Gasteiger partial charge in [-0.3, -0.25) is 29.2 Å². The van der Waals surface area contributed by atoms with Gasteiger partial charge in [0.1, 0.15) is 5.82 Å². The number of hydrogen-bond acceptors (Lipinski definition) is 8. The van der Waals surface area contributed by atoms with Crippen LogP contribution in [-0.2, 0) is 11.3 Å². The molecule has 4 N–H and O–H groups in total. The highest BCUT2D eigenvalue weighted by atomic mass is 16.5. The zero-order chi connectivity index (χ0) is 34.2. The van der Waals surface area contributed by atoms with Crippen LogP contribution in [0.2, 0.25) is 0 Å². The second-order valence-electron chi connectivity index (χ2n) is 13.1. The second kappa shape index (κ2) is 16.0. The van der Waals surface area contributed by atoms with E-state index in [2.05, 4.69) is 57.2 Å². The van der Waals surface area contributed by atoms with E-state index in [1.54, 1.807) is 11.7 Å². The number of aromatic nitrogens is 4. The Kier molecular flexibility index (Phi) is 11.6. The fraction of sp³-hybridized carbons (Fsp3) is 0.472. The molecule has 0 aliphatic carbocycles. The summed E-state index contributed by atoms with van der Waals surface area (Å²) in [5.74, 6) is 0.363. The summed E-state index contributed by atoms with van der Waals surface area (Å²) in [6, 6.07) is 10.1. The van der Waals surface area contributed by atoms with E-state index in [-0.39, 0.29) is 30.0 Å². The van der Waals surface area contributed by atoms with E-state index in [9.17, 15) is 14.4 Å². The number of anilines is 1. The maximum absolute atomic E-state index is 13.6. The Balaban J connectivity index is 1.22. The van der Waals surface area contributed by atoms with Crippen molar-refractivity contribution in [2.45, 2.75) is 78.8 Å². The number of rotatable bonds is 14. The quantitative estimate of drug-likeness (QED) is 0.0853. The lowest BCUT2D eigenvalue weighted by atomic mass is 10.0. The molecule has 0 atom stereocenters. The first-order valence-electron chi connectivity index (χ1n) is 17.0. The first-order chi connectivity index (χ1) is 23.1. The minimum absolute atomic E-state index is 0.105. The predicted molar refractivity (Wildman–Crippen MR) is 187 cm³/mol. The molecule has 0 spiro atoms. The van der Waals surface area contributed by atoms with Gasteiger partial charge in [-0.1, -0.05) is 19.3 Å². The van der Waals surface area contributed by atoms with Crippen molar-refractivity contribution in [3.8, 4) is 11.1 Å². The van der Waals surface area contributed by atoms with Crippen molar-refractivity contribution >= 4 is 28.5 Å². The van der Waals surface area contributed by atoms with Gasteiger partial charge in [0.2, 0.25) is 5.91 Å². The molecule has 2 amide bonds. The Morgan fingerprint density at radius 1 is 0.958 bits per heavy atom. The number of benzene rings is 1. The number of amides is 2. The van der Waals surface area contributed by atoms with Crippen LogP contribution in [0.25, 0.3) is 22.0 Å². The molecule has 4 heterocycles. The lowest BCUT2D eigenvalue weighted by Gasteiger charge is -2.35. The van der Waals surface area contributed by atoms with E-state index in [0.29, 0.717) is 17.5 Å². The molecule has 5 rings (SSSR count). The van der Waals surface area contributed by atoms with Crippen molar-refractivity contribution in [2.24, 2.45) is 0 Å². The molecule has 1 fully saturated rings. The maximum Gasteiger partial charge on any atom is 0.253 e. The Labute approximate surface area is 281 Å². The third kappa shape index (κ3) is 8.48. The van der Waals surface area contributed by atoms with E-state index in [1.807, 2.05) is 36.9 Å². The number of nitrogens with one attached hydrogen (secondary N) is 3. The zero-order valence-corrected chi connectivity index (χ0v) is 28.5. The highest BCUT2D eigenvalue weighted by Crippen LogP contribution is 2.30. The monoisotopic (exact) mass is 656 g/mol. The Morgan fingerprint density at radius 2 is 1.71 bits per heavy atom. The van der Waals surface area contributed by atoms with Gasteiger partial charge in [0.25, 0.3) is 11.5 Å². The van der Waals surface area contributed by atoms with Crippen LogP contribution in [0.5, 0.6) is 0 Å². The van der Waals surface area contributed by atoms with Gasteiger partial charge in [0.15, 0.2) is 0 Å². The SMILES string of the molecule is Cc1cc(C)c(CNC(=O)c2cc(-c3ccc(N4CCN(CCCCCCCC(=O)NO)CC4)nc3)cc3c2cnn3C(C)C)c(=O)[nH]1. The summed E-state index contributed by atoms with van der Waals surface area (Å²) in [5.41, 5.74) is 6.81. The molecule has 0 saturated carbocycles. The van der Waals surface area contributed by atoms with Crippen molar-refractivity contribution in [1.82, 2.24) is 35.4 Å². The molecular formula is C36H48N8O4. The molecule has 4 aromatic rings. The summed E-state index contributed by atoms with van der Waals surface area (Å²) in [5, 5.41) is 16.9. The lowest BCUT2D eigenvalue weighted by molar-refractivity contribution is -0.129. The molecule has 1 aliphatic heterocycles. The normalized spacial score (nSPS) is 13.8. The van der Waals surface area contributed by atoms with Gasteiger partial charge in [-0.2, -0.15) is 5.10 Å². The van der Waals surface area contributed by atoms with Crippen molar-refractivity contribution in [3.05, 3.63) is 75.5 Å². The summed E-state index contributed by atoms with van der Waals surface area (Å²) in [4.78, 5) is 49.7. The molecule has 1 aromatic carbocycles. The van der Waals surface area contributed by atoms with E-state index >= 15 is 0 Å². The van der Waals surface area contributed by atoms with Crippen LogP contribution in [0, 0.1) is 13.8 Å². The van der Waals surface area contributed by atoms with Crippen LogP contribution in [0.1, 0.15) is 85.6 Å².